The number of rotatable bonds is 4. The van der Waals surface area contributed by atoms with Crippen LogP contribution in [-0.2, 0) is 22.5 Å². The zero-order valence-corrected chi connectivity index (χ0v) is 19.4. The van der Waals surface area contributed by atoms with Crippen LogP contribution in [-0.4, -0.2) is 28.0 Å². The van der Waals surface area contributed by atoms with Crippen LogP contribution >= 0.6 is 15.9 Å². The lowest BCUT2D eigenvalue weighted by molar-refractivity contribution is -0.119. The summed E-state index contributed by atoms with van der Waals surface area (Å²) < 4.78 is 7.68. The SMILES string of the molecule is Cc1ccc(NC(=O)COC(=O)c2ccc3c(=O)n4c(nc3c2)CCCCCC4)c(Br)c1. The first-order chi connectivity index (χ1) is 15.4. The first kappa shape index (κ1) is 22.2. The number of aryl methyl sites for hydroxylation is 2. The molecule has 4 rings (SSSR count). The predicted octanol–water partition coefficient (Wildman–Crippen LogP) is 4.38. The minimum absolute atomic E-state index is 0.0742. The number of amides is 1. The van der Waals surface area contributed by atoms with Gasteiger partial charge in [-0.3, -0.25) is 14.2 Å². The molecule has 2 aromatic carbocycles. The molecule has 0 unspecified atom stereocenters. The third-order valence-corrected chi connectivity index (χ3v) is 6.19. The largest absolute Gasteiger partial charge is 0.452 e. The van der Waals surface area contributed by atoms with Gasteiger partial charge >= 0.3 is 5.97 Å². The number of hydrogen-bond donors (Lipinski definition) is 1. The first-order valence-corrected chi connectivity index (χ1v) is 11.5. The molecule has 0 saturated carbocycles. The molecule has 0 fully saturated rings. The monoisotopic (exact) mass is 497 g/mol. The van der Waals surface area contributed by atoms with E-state index in [1.807, 2.05) is 19.1 Å². The summed E-state index contributed by atoms with van der Waals surface area (Å²) in [6.07, 6.45) is 4.94. The van der Waals surface area contributed by atoms with Crippen molar-refractivity contribution in [2.45, 2.75) is 45.6 Å². The number of carbonyl (C=O) groups excluding carboxylic acids is 2. The number of halogens is 1. The zero-order valence-electron chi connectivity index (χ0n) is 17.8. The average molecular weight is 498 g/mol. The fraction of sp³-hybridized carbons (Fsp3) is 0.333. The number of anilines is 1. The van der Waals surface area contributed by atoms with Gasteiger partial charge in [0.1, 0.15) is 5.82 Å². The smallest absolute Gasteiger partial charge is 0.338 e. The summed E-state index contributed by atoms with van der Waals surface area (Å²) in [5.41, 5.74) is 2.31. The summed E-state index contributed by atoms with van der Waals surface area (Å²) in [5.74, 6) is -0.323. The van der Waals surface area contributed by atoms with Crippen molar-refractivity contribution in [1.82, 2.24) is 9.55 Å². The van der Waals surface area contributed by atoms with Gasteiger partial charge in [-0.1, -0.05) is 18.9 Å². The fourth-order valence-corrected chi connectivity index (χ4v) is 4.44. The molecule has 7 nitrogen and oxygen atoms in total. The van der Waals surface area contributed by atoms with Crippen molar-refractivity contribution in [3.8, 4) is 0 Å². The van der Waals surface area contributed by atoms with Gasteiger partial charge in [-0.2, -0.15) is 0 Å². The Balaban J connectivity index is 1.48. The number of carbonyl (C=O) groups is 2. The molecule has 2 heterocycles. The van der Waals surface area contributed by atoms with Gasteiger partial charge in [-0.25, -0.2) is 9.78 Å². The number of nitrogens with one attached hydrogen (secondary N) is 1. The van der Waals surface area contributed by atoms with Gasteiger partial charge in [-0.15, -0.1) is 0 Å². The maximum absolute atomic E-state index is 12.9. The number of hydrogen-bond acceptors (Lipinski definition) is 5. The standard InChI is InChI=1S/C24H24BrN3O4/c1-15-7-10-19(18(25)12-15)27-22(29)14-32-24(31)16-8-9-17-20(13-16)26-21-6-4-2-3-5-11-28(21)23(17)30/h7-10,12-13H,2-6,11,14H2,1H3,(H,27,29). The second-order valence-electron chi connectivity index (χ2n) is 7.99. The predicted molar refractivity (Wildman–Crippen MR) is 126 cm³/mol. The minimum Gasteiger partial charge on any atom is -0.452 e. The molecule has 32 heavy (non-hydrogen) atoms. The maximum Gasteiger partial charge on any atom is 0.338 e. The summed E-state index contributed by atoms with van der Waals surface area (Å²) in [4.78, 5) is 42.3. The van der Waals surface area contributed by atoms with Crippen LogP contribution in [0.15, 0.2) is 45.7 Å². The topological polar surface area (TPSA) is 90.3 Å². The Bertz CT molecular complexity index is 1250. The van der Waals surface area contributed by atoms with Crippen LogP contribution in [0.4, 0.5) is 5.69 Å². The van der Waals surface area contributed by atoms with Crippen molar-refractivity contribution in [1.29, 1.82) is 0 Å². The lowest BCUT2D eigenvalue weighted by Crippen LogP contribution is -2.26. The number of esters is 1. The number of benzene rings is 2. The van der Waals surface area contributed by atoms with Crippen LogP contribution in [0, 0.1) is 6.92 Å². The highest BCUT2D eigenvalue weighted by Crippen LogP contribution is 2.23. The fourth-order valence-electron chi connectivity index (χ4n) is 3.84. The van der Waals surface area contributed by atoms with Crippen LogP contribution in [0.5, 0.6) is 0 Å². The Hall–Kier alpha value is -3.00. The van der Waals surface area contributed by atoms with E-state index in [0.29, 0.717) is 23.1 Å². The van der Waals surface area contributed by atoms with E-state index >= 15 is 0 Å². The van der Waals surface area contributed by atoms with Crippen molar-refractivity contribution in [2.24, 2.45) is 0 Å². The lowest BCUT2D eigenvalue weighted by atomic mass is 10.1. The highest BCUT2D eigenvalue weighted by atomic mass is 79.9. The van der Waals surface area contributed by atoms with E-state index in [-0.39, 0.29) is 11.1 Å². The molecule has 166 valence electrons. The minimum atomic E-state index is -0.640. The number of fused-ring (bicyclic) bond motifs is 2. The average Bonchev–Trinajstić information content (AvgIpc) is 2.75. The molecule has 8 heteroatoms. The summed E-state index contributed by atoms with van der Waals surface area (Å²) in [6.45, 7) is 2.20. The molecule has 0 aliphatic carbocycles. The number of ether oxygens (including phenoxy) is 1. The lowest BCUT2D eigenvalue weighted by Gasteiger charge is -2.16. The van der Waals surface area contributed by atoms with Crippen LogP contribution in [0.3, 0.4) is 0 Å². The Morgan fingerprint density at radius 1 is 1.12 bits per heavy atom. The zero-order chi connectivity index (χ0) is 22.7. The van der Waals surface area contributed by atoms with Gasteiger partial charge in [0, 0.05) is 17.4 Å². The van der Waals surface area contributed by atoms with Crippen molar-refractivity contribution in [2.75, 3.05) is 11.9 Å². The Morgan fingerprint density at radius 2 is 1.94 bits per heavy atom. The quantitative estimate of drug-likeness (QED) is 0.540. The maximum atomic E-state index is 12.9. The number of aromatic nitrogens is 2. The molecule has 0 spiro atoms. The molecular formula is C24H24BrN3O4. The van der Waals surface area contributed by atoms with Crippen LogP contribution in [0.2, 0.25) is 0 Å². The molecule has 1 aromatic heterocycles. The van der Waals surface area contributed by atoms with E-state index in [1.54, 1.807) is 22.8 Å². The molecule has 0 atom stereocenters. The van der Waals surface area contributed by atoms with E-state index in [0.717, 1.165) is 48.0 Å². The number of nitrogens with zero attached hydrogens (tertiary/aromatic N) is 2. The Labute approximate surface area is 193 Å². The van der Waals surface area contributed by atoms with Crippen molar-refractivity contribution in [3.05, 3.63) is 68.2 Å². The van der Waals surface area contributed by atoms with E-state index < -0.39 is 18.5 Å². The molecule has 1 amide bonds. The molecule has 1 N–H and O–H groups in total. The third kappa shape index (κ3) is 4.91. The highest BCUT2D eigenvalue weighted by molar-refractivity contribution is 9.10. The molecule has 0 bridgehead atoms. The van der Waals surface area contributed by atoms with Crippen LogP contribution < -0.4 is 10.9 Å². The van der Waals surface area contributed by atoms with Crippen molar-refractivity contribution >= 4 is 44.4 Å². The van der Waals surface area contributed by atoms with Gasteiger partial charge in [-0.05, 0) is 71.6 Å². The van der Waals surface area contributed by atoms with Gasteiger partial charge < -0.3 is 10.1 Å². The van der Waals surface area contributed by atoms with Crippen molar-refractivity contribution in [3.63, 3.8) is 0 Å². The molecule has 0 saturated heterocycles. The molecule has 1 aliphatic heterocycles. The normalized spacial score (nSPS) is 13.7. The first-order valence-electron chi connectivity index (χ1n) is 10.7. The highest BCUT2D eigenvalue weighted by Gasteiger charge is 2.16. The second kappa shape index (κ2) is 9.65. The molecular weight excluding hydrogens is 474 g/mol. The van der Waals surface area contributed by atoms with E-state index in [9.17, 15) is 14.4 Å². The Morgan fingerprint density at radius 3 is 2.75 bits per heavy atom. The van der Waals surface area contributed by atoms with Gasteiger partial charge in [0.15, 0.2) is 6.61 Å². The van der Waals surface area contributed by atoms with E-state index in [1.165, 1.54) is 6.07 Å². The van der Waals surface area contributed by atoms with Gasteiger partial charge in [0.05, 0.1) is 22.2 Å². The Kier molecular flexibility index (Phi) is 6.69. The molecule has 0 radical (unpaired) electrons. The summed E-state index contributed by atoms with van der Waals surface area (Å²) in [5, 5.41) is 3.19. The third-order valence-electron chi connectivity index (χ3n) is 5.54. The van der Waals surface area contributed by atoms with E-state index in [4.69, 9.17) is 4.74 Å². The van der Waals surface area contributed by atoms with Crippen molar-refractivity contribution < 1.29 is 14.3 Å². The van der Waals surface area contributed by atoms with E-state index in [2.05, 4.69) is 26.2 Å². The van der Waals surface area contributed by atoms with Gasteiger partial charge in [0.25, 0.3) is 11.5 Å². The second-order valence-corrected chi connectivity index (χ2v) is 8.84. The van der Waals surface area contributed by atoms with Crippen LogP contribution in [0.1, 0.15) is 47.4 Å². The van der Waals surface area contributed by atoms with Gasteiger partial charge in [0.2, 0.25) is 0 Å². The van der Waals surface area contributed by atoms with Crippen LogP contribution in [0.25, 0.3) is 10.9 Å². The summed E-state index contributed by atoms with van der Waals surface area (Å²) >= 11 is 3.40. The molecule has 1 aliphatic rings. The molecule has 3 aromatic rings. The summed E-state index contributed by atoms with van der Waals surface area (Å²) in [6, 6.07) is 10.2. The summed E-state index contributed by atoms with van der Waals surface area (Å²) in [7, 11) is 0.